The van der Waals surface area contributed by atoms with E-state index in [1.54, 1.807) is 12.1 Å². The zero-order valence-corrected chi connectivity index (χ0v) is 16.8. The van der Waals surface area contributed by atoms with Crippen LogP contribution in [0.1, 0.15) is 17.5 Å². The summed E-state index contributed by atoms with van der Waals surface area (Å²) in [7, 11) is 0. The van der Waals surface area contributed by atoms with Crippen molar-refractivity contribution < 1.29 is 9.21 Å². The Labute approximate surface area is 176 Å². The molecular formula is C22H17BrN4O2. The normalized spacial score (nSPS) is 11.6. The van der Waals surface area contributed by atoms with Gasteiger partial charge in [-0.15, -0.1) is 10.2 Å². The molecule has 0 aliphatic rings. The van der Waals surface area contributed by atoms with Crippen LogP contribution in [0, 0.1) is 0 Å². The average molecular weight is 449 g/mol. The van der Waals surface area contributed by atoms with E-state index in [-0.39, 0.29) is 6.03 Å². The van der Waals surface area contributed by atoms with Crippen molar-refractivity contribution in [2.24, 2.45) is 0 Å². The third kappa shape index (κ3) is 4.70. The van der Waals surface area contributed by atoms with Crippen LogP contribution in [0.2, 0.25) is 0 Å². The number of benzene rings is 3. The molecule has 0 radical (unpaired) electrons. The van der Waals surface area contributed by atoms with Crippen molar-refractivity contribution in [3.63, 3.8) is 0 Å². The molecule has 7 heteroatoms. The monoisotopic (exact) mass is 448 g/mol. The number of anilines is 1. The van der Waals surface area contributed by atoms with E-state index in [0.29, 0.717) is 17.5 Å². The van der Waals surface area contributed by atoms with Crippen molar-refractivity contribution in [1.82, 2.24) is 15.5 Å². The van der Waals surface area contributed by atoms with Gasteiger partial charge in [-0.1, -0.05) is 64.5 Å². The molecule has 0 aliphatic heterocycles. The van der Waals surface area contributed by atoms with E-state index in [1.165, 1.54) is 0 Å². The topological polar surface area (TPSA) is 80.0 Å². The fraction of sp³-hybridized carbons (Fsp3) is 0.0455. The van der Waals surface area contributed by atoms with E-state index in [9.17, 15) is 4.79 Å². The molecule has 6 nitrogen and oxygen atoms in total. The van der Waals surface area contributed by atoms with Crippen molar-refractivity contribution in [1.29, 1.82) is 0 Å². The Morgan fingerprint density at radius 1 is 0.862 bits per heavy atom. The molecule has 0 aliphatic carbocycles. The van der Waals surface area contributed by atoms with Crippen molar-refractivity contribution in [2.45, 2.75) is 6.04 Å². The van der Waals surface area contributed by atoms with Crippen LogP contribution in [0.4, 0.5) is 10.5 Å². The molecule has 0 bridgehead atoms. The Balaban J connectivity index is 1.58. The number of halogens is 1. The van der Waals surface area contributed by atoms with Gasteiger partial charge in [-0.05, 0) is 42.0 Å². The first-order valence-corrected chi connectivity index (χ1v) is 9.75. The first-order valence-electron chi connectivity index (χ1n) is 8.96. The molecule has 0 saturated carbocycles. The summed E-state index contributed by atoms with van der Waals surface area (Å²) in [6.07, 6.45) is 0. The summed E-state index contributed by atoms with van der Waals surface area (Å²) >= 11 is 3.38. The predicted octanol–water partition coefficient (Wildman–Crippen LogP) is 5.41. The van der Waals surface area contributed by atoms with Crippen molar-refractivity contribution in [2.75, 3.05) is 5.32 Å². The highest BCUT2D eigenvalue weighted by Gasteiger charge is 2.23. The first-order chi connectivity index (χ1) is 14.2. The molecule has 1 heterocycles. The molecule has 144 valence electrons. The third-order valence-corrected chi connectivity index (χ3v) is 4.75. The maximum absolute atomic E-state index is 12.6. The molecule has 4 aromatic rings. The molecule has 2 N–H and O–H groups in total. The van der Waals surface area contributed by atoms with E-state index in [4.69, 9.17) is 4.42 Å². The summed E-state index contributed by atoms with van der Waals surface area (Å²) in [5, 5.41) is 14.1. The van der Waals surface area contributed by atoms with Crippen LogP contribution in [0.15, 0.2) is 93.8 Å². The van der Waals surface area contributed by atoms with Crippen LogP contribution in [0.25, 0.3) is 11.5 Å². The third-order valence-electron chi connectivity index (χ3n) is 4.22. The lowest BCUT2D eigenvalue weighted by atomic mass is 10.1. The minimum Gasteiger partial charge on any atom is -0.418 e. The largest absolute Gasteiger partial charge is 0.418 e. The average Bonchev–Trinajstić information content (AvgIpc) is 3.25. The summed E-state index contributed by atoms with van der Waals surface area (Å²) in [5.74, 6) is 0.706. The number of amides is 2. The summed E-state index contributed by atoms with van der Waals surface area (Å²) in [5.41, 5.74) is 2.33. The molecule has 2 amide bonds. The summed E-state index contributed by atoms with van der Waals surface area (Å²) in [4.78, 5) is 12.6. The van der Waals surface area contributed by atoms with Gasteiger partial charge in [0, 0.05) is 15.7 Å². The van der Waals surface area contributed by atoms with Crippen molar-refractivity contribution in [3.05, 3.63) is 101 Å². The fourth-order valence-corrected chi connectivity index (χ4v) is 3.08. The number of nitrogens with one attached hydrogen (secondary N) is 2. The second-order valence-corrected chi connectivity index (χ2v) is 7.18. The molecule has 29 heavy (non-hydrogen) atoms. The van der Waals surface area contributed by atoms with Gasteiger partial charge in [0.05, 0.1) is 0 Å². The molecule has 1 atom stereocenters. The molecule has 0 fully saturated rings. The van der Waals surface area contributed by atoms with Crippen molar-refractivity contribution >= 4 is 27.6 Å². The first kappa shape index (κ1) is 18.9. The van der Waals surface area contributed by atoms with Gasteiger partial charge in [-0.25, -0.2) is 4.79 Å². The molecule has 1 unspecified atom stereocenters. The Kier molecular flexibility index (Phi) is 5.67. The van der Waals surface area contributed by atoms with E-state index >= 15 is 0 Å². The lowest BCUT2D eigenvalue weighted by Crippen LogP contribution is -2.33. The van der Waals surface area contributed by atoms with Gasteiger partial charge in [-0.3, -0.25) is 0 Å². The molecule has 0 spiro atoms. The van der Waals surface area contributed by atoms with E-state index in [2.05, 4.69) is 36.8 Å². The summed E-state index contributed by atoms with van der Waals surface area (Å²) in [6, 6.07) is 25.4. The Morgan fingerprint density at radius 3 is 2.21 bits per heavy atom. The Bertz CT molecular complexity index is 1080. The number of nitrogens with zero attached hydrogens (tertiary/aromatic N) is 2. The molecule has 0 saturated heterocycles. The highest BCUT2D eigenvalue weighted by atomic mass is 79.9. The van der Waals surface area contributed by atoms with Crippen LogP contribution in [0.5, 0.6) is 0 Å². The Hall–Kier alpha value is -3.45. The van der Waals surface area contributed by atoms with Gasteiger partial charge in [0.1, 0.15) is 6.04 Å². The second kappa shape index (κ2) is 8.70. The highest BCUT2D eigenvalue weighted by Crippen LogP contribution is 2.25. The summed E-state index contributed by atoms with van der Waals surface area (Å²) in [6.45, 7) is 0. The second-order valence-electron chi connectivity index (χ2n) is 6.26. The zero-order valence-electron chi connectivity index (χ0n) is 15.2. The molecule has 1 aromatic heterocycles. The van der Waals surface area contributed by atoms with Gasteiger partial charge in [0.25, 0.3) is 0 Å². The van der Waals surface area contributed by atoms with Crippen LogP contribution < -0.4 is 10.6 Å². The number of hydrogen-bond acceptors (Lipinski definition) is 4. The van der Waals surface area contributed by atoms with Crippen LogP contribution >= 0.6 is 15.9 Å². The SMILES string of the molecule is O=C(Nc1ccc(Br)cc1)NC(c1ccccc1)c1nnc(-c2ccccc2)o1. The number of carbonyl (C=O) groups excluding carboxylic acids is 1. The highest BCUT2D eigenvalue weighted by molar-refractivity contribution is 9.10. The standard InChI is InChI=1S/C22H17BrN4O2/c23-17-11-13-18(14-12-17)24-22(28)25-19(15-7-3-1-4-8-15)21-27-26-20(29-21)16-9-5-2-6-10-16/h1-14,19H,(H2,24,25,28). The number of carbonyl (C=O) groups is 1. The number of aromatic nitrogens is 2. The molecule has 4 rings (SSSR count). The molecular weight excluding hydrogens is 432 g/mol. The smallest absolute Gasteiger partial charge is 0.320 e. The number of hydrogen-bond donors (Lipinski definition) is 2. The lowest BCUT2D eigenvalue weighted by Gasteiger charge is -2.16. The fourth-order valence-electron chi connectivity index (χ4n) is 2.81. The van der Waals surface area contributed by atoms with Gasteiger partial charge in [0.15, 0.2) is 0 Å². The van der Waals surface area contributed by atoms with Crippen LogP contribution in [0.3, 0.4) is 0 Å². The number of rotatable bonds is 5. The van der Waals surface area contributed by atoms with Crippen LogP contribution in [-0.2, 0) is 0 Å². The minimum absolute atomic E-state index is 0.306. The zero-order chi connectivity index (χ0) is 20.1. The minimum atomic E-state index is -0.586. The van der Waals surface area contributed by atoms with Gasteiger partial charge < -0.3 is 15.1 Å². The van der Waals surface area contributed by atoms with Gasteiger partial charge >= 0.3 is 6.03 Å². The van der Waals surface area contributed by atoms with E-state index < -0.39 is 6.04 Å². The van der Waals surface area contributed by atoms with Gasteiger partial charge in [0.2, 0.25) is 11.8 Å². The van der Waals surface area contributed by atoms with Crippen molar-refractivity contribution in [3.8, 4) is 11.5 Å². The predicted molar refractivity (Wildman–Crippen MR) is 114 cm³/mol. The lowest BCUT2D eigenvalue weighted by molar-refractivity contribution is 0.248. The van der Waals surface area contributed by atoms with Gasteiger partial charge in [-0.2, -0.15) is 0 Å². The molecule has 3 aromatic carbocycles. The number of urea groups is 1. The maximum atomic E-state index is 12.6. The maximum Gasteiger partial charge on any atom is 0.320 e. The van der Waals surface area contributed by atoms with Crippen LogP contribution in [-0.4, -0.2) is 16.2 Å². The quantitative estimate of drug-likeness (QED) is 0.427. The van der Waals surface area contributed by atoms with E-state index in [1.807, 2.05) is 72.8 Å². The van der Waals surface area contributed by atoms with E-state index in [0.717, 1.165) is 15.6 Å². The summed E-state index contributed by atoms with van der Waals surface area (Å²) < 4.78 is 6.82. The Morgan fingerprint density at radius 2 is 1.52 bits per heavy atom.